The van der Waals surface area contributed by atoms with Crippen LogP contribution in [0.1, 0.15) is 29.4 Å². The van der Waals surface area contributed by atoms with Gasteiger partial charge in [-0.25, -0.2) is 4.79 Å². The zero-order valence-electron chi connectivity index (χ0n) is 13.4. The third kappa shape index (κ3) is 3.85. The molecule has 0 spiro atoms. The molecule has 1 unspecified atom stereocenters. The number of H-pyrrole nitrogens is 1. The zero-order valence-corrected chi connectivity index (χ0v) is 14.2. The Labute approximate surface area is 141 Å². The van der Waals surface area contributed by atoms with Gasteiger partial charge in [-0.15, -0.1) is 0 Å². The van der Waals surface area contributed by atoms with Crippen molar-refractivity contribution in [2.45, 2.75) is 39.3 Å². The summed E-state index contributed by atoms with van der Waals surface area (Å²) in [7, 11) is 0. The van der Waals surface area contributed by atoms with Gasteiger partial charge in [0, 0.05) is 36.3 Å². The first-order valence-corrected chi connectivity index (χ1v) is 8.22. The lowest BCUT2D eigenvalue weighted by Crippen LogP contribution is -2.46. The summed E-state index contributed by atoms with van der Waals surface area (Å²) in [5, 5.41) is 10.9. The standard InChI is InChI=1S/C17H21ClN4O/c1-11(7-16-8-12(2)20-21-16)19-17(23)22-6-5-13-9-15(18)4-3-14(13)10-22/h3-4,8-9,11H,5-7,10H2,1-2H3,(H,19,23)(H,20,21). The van der Waals surface area contributed by atoms with Crippen LogP contribution in [0.2, 0.25) is 5.02 Å². The van der Waals surface area contributed by atoms with E-state index in [1.54, 1.807) is 0 Å². The first kappa shape index (κ1) is 15.9. The number of hydrogen-bond acceptors (Lipinski definition) is 2. The number of aryl methyl sites for hydroxylation is 1. The molecule has 0 radical (unpaired) electrons. The third-order valence-electron chi connectivity index (χ3n) is 4.11. The molecule has 6 heteroatoms. The Balaban J connectivity index is 1.57. The molecule has 0 aliphatic carbocycles. The lowest BCUT2D eigenvalue weighted by atomic mass is 10.0. The molecule has 2 heterocycles. The van der Waals surface area contributed by atoms with Crippen LogP contribution in [0.25, 0.3) is 0 Å². The zero-order chi connectivity index (χ0) is 16.4. The molecule has 1 aliphatic heterocycles. The van der Waals surface area contributed by atoms with Gasteiger partial charge in [-0.2, -0.15) is 5.10 Å². The maximum atomic E-state index is 12.4. The van der Waals surface area contributed by atoms with Crippen LogP contribution < -0.4 is 5.32 Å². The fourth-order valence-electron chi connectivity index (χ4n) is 2.94. The van der Waals surface area contributed by atoms with Crippen molar-refractivity contribution in [3.63, 3.8) is 0 Å². The van der Waals surface area contributed by atoms with Gasteiger partial charge in [0.15, 0.2) is 0 Å². The highest BCUT2D eigenvalue weighted by Gasteiger charge is 2.22. The maximum Gasteiger partial charge on any atom is 0.317 e. The molecule has 1 aliphatic rings. The van der Waals surface area contributed by atoms with Crippen molar-refractivity contribution in [1.29, 1.82) is 0 Å². The number of aromatic amines is 1. The van der Waals surface area contributed by atoms with Gasteiger partial charge in [0.25, 0.3) is 0 Å². The molecule has 1 aromatic carbocycles. The van der Waals surface area contributed by atoms with Gasteiger partial charge in [-0.05, 0) is 49.6 Å². The SMILES string of the molecule is Cc1cc(CC(C)NC(=O)N2CCc3cc(Cl)ccc3C2)n[nH]1. The second-order valence-electron chi connectivity index (χ2n) is 6.18. The van der Waals surface area contributed by atoms with Crippen LogP contribution >= 0.6 is 11.6 Å². The number of halogens is 1. The van der Waals surface area contributed by atoms with Crippen molar-refractivity contribution < 1.29 is 4.79 Å². The normalized spacial score (nSPS) is 15.2. The van der Waals surface area contributed by atoms with Gasteiger partial charge < -0.3 is 10.2 Å². The molecule has 0 saturated carbocycles. The molecule has 23 heavy (non-hydrogen) atoms. The van der Waals surface area contributed by atoms with Gasteiger partial charge in [0.05, 0.1) is 5.69 Å². The summed E-state index contributed by atoms with van der Waals surface area (Å²) < 4.78 is 0. The van der Waals surface area contributed by atoms with Gasteiger partial charge in [-0.1, -0.05) is 17.7 Å². The summed E-state index contributed by atoms with van der Waals surface area (Å²) in [6.45, 7) is 5.32. The van der Waals surface area contributed by atoms with Crippen LogP contribution in [0.15, 0.2) is 24.3 Å². The molecular weight excluding hydrogens is 312 g/mol. The quantitative estimate of drug-likeness (QED) is 0.907. The Morgan fingerprint density at radius 1 is 1.43 bits per heavy atom. The fraction of sp³-hybridized carbons (Fsp3) is 0.412. The highest BCUT2D eigenvalue weighted by atomic mass is 35.5. The predicted octanol–water partition coefficient (Wildman–Crippen LogP) is 3.07. The lowest BCUT2D eigenvalue weighted by molar-refractivity contribution is 0.189. The van der Waals surface area contributed by atoms with E-state index < -0.39 is 0 Å². The van der Waals surface area contributed by atoms with E-state index in [1.807, 2.05) is 43.0 Å². The number of rotatable bonds is 3. The Hall–Kier alpha value is -2.01. The molecule has 1 aromatic heterocycles. The number of amides is 2. The second-order valence-corrected chi connectivity index (χ2v) is 6.62. The van der Waals surface area contributed by atoms with Crippen LogP contribution in [0.3, 0.4) is 0 Å². The van der Waals surface area contributed by atoms with Crippen molar-refractivity contribution >= 4 is 17.6 Å². The summed E-state index contributed by atoms with van der Waals surface area (Å²) in [4.78, 5) is 14.3. The molecule has 3 rings (SSSR count). The Morgan fingerprint density at radius 2 is 2.26 bits per heavy atom. The van der Waals surface area contributed by atoms with Crippen LogP contribution in [0.4, 0.5) is 4.79 Å². The highest BCUT2D eigenvalue weighted by molar-refractivity contribution is 6.30. The van der Waals surface area contributed by atoms with Crippen LogP contribution in [0, 0.1) is 6.92 Å². The monoisotopic (exact) mass is 332 g/mol. The second kappa shape index (κ2) is 6.62. The van der Waals surface area contributed by atoms with E-state index in [0.717, 1.165) is 29.3 Å². The van der Waals surface area contributed by atoms with E-state index in [-0.39, 0.29) is 12.1 Å². The van der Waals surface area contributed by atoms with Crippen molar-refractivity contribution in [2.75, 3.05) is 6.54 Å². The molecule has 2 aromatic rings. The first-order valence-electron chi connectivity index (χ1n) is 7.85. The van der Waals surface area contributed by atoms with E-state index >= 15 is 0 Å². The molecule has 2 N–H and O–H groups in total. The van der Waals surface area contributed by atoms with E-state index in [0.29, 0.717) is 13.1 Å². The number of hydrogen-bond donors (Lipinski definition) is 2. The number of nitrogens with zero attached hydrogens (tertiary/aromatic N) is 2. The molecule has 0 fully saturated rings. The smallest absolute Gasteiger partial charge is 0.317 e. The maximum absolute atomic E-state index is 12.4. The van der Waals surface area contributed by atoms with Crippen molar-refractivity contribution in [3.8, 4) is 0 Å². The van der Waals surface area contributed by atoms with Crippen LogP contribution in [-0.2, 0) is 19.4 Å². The summed E-state index contributed by atoms with van der Waals surface area (Å²) in [5.74, 6) is 0. The van der Waals surface area contributed by atoms with Gasteiger partial charge in [0.1, 0.15) is 0 Å². The summed E-state index contributed by atoms with van der Waals surface area (Å²) in [5.41, 5.74) is 4.41. The largest absolute Gasteiger partial charge is 0.335 e. The minimum atomic E-state index is -0.0228. The van der Waals surface area contributed by atoms with Gasteiger partial charge >= 0.3 is 6.03 Å². The molecule has 5 nitrogen and oxygen atoms in total. The Morgan fingerprint density at radius 3 is 3.00 bits per heavy atom. The number of carbonyl (C=O) groups is 1. The van der Waals surface area contributed by atoms with Gasteiger partial charge in [-0.3, -0.25) is 5.10 Å². The number of aromatic nitrogens is 2. The van der Waals surface area contributed by atoms with E-state index in [9.17, 15) is 4.79 Å². The first-order chi connectivity index (χ1) is 11.0. The van der Waals surface area contributed by atoms with Crippen molar-refractivity contribution in [1.82, 2.24) is 20.4 Å². The number of fused-ring (bicyclic) bond motifs is 1. The Kier molecular flexibility index (Phi) is 4.57. The number of nitrogens with one attached hydrogen (secondary N) is 2. The molecule has 2 amide bonds. The molecule has 0 bridgehead atoms. The van der Waals surface area contributed by atoms with Crippen LogP contribution in [0.5, 0.6) is 0 Å². The lowest BCUT2D eigenvalue weighted by Gasteiger charge is -2.30. The molecular formula is C17H21ClN4O. The van der Waals surface area contributed by atoms with E-state index in [2.05, 4.69) is 15.5 Å². The van der Waals surface area contributed by atoms with E-state index in [1.165, 1.54) is 11.1 Å². The molecule has 122 valence electrons. The minimum absolute atomic E-state index is 0.0228. The Bertz CT molecular complexity index is 712. The molecule has 1 atom stereocenters. The van der Waals surface area contributed by atoms with Crippen molar-refractivity contribution in [2.24, 2.45) is 0 Å². The summed E-state index contributed by atoms with van der Waals surface area (Å²) >= 11 is 6.02. The fourth-order valence-corrected chi connectivity index (χ4v) is 3.14. The number of urea groups is 1. The average Bonchev–Trinajstić information content (AvgIpc) is 2.91. The van der Waals surface area contributed by atoms with Crippen LogP contribution in [-0.4, -0.2) is 33.7 Å². The van der Waals surface area contributed by atoms with E-state index in [4.69, 9.17) is 11.6 Å². The van der Waals surface area contributed by atoms with Gasteiger partial charge in [0.2, 0.25) is 0 Å². The predicted molar refractivity (Wildman–Crippen MR) is 90.6 cm³/mol. The third-order valence-corrected chi connectivity index (χ3v) is 4.35. The topological polar surface area (TPSA) is 61.0 Å². The minimum Gasteiger partial charge on any atom is -0.335 e. The summed E-state index contributed by atoms with van der Waals surface area (Å²) in [6.07, 6.45) is 1.56. The number of benzene rings is 1. The number of carbonyl (C=O) groups excluding carboxylic acids is 1. The highest BCUT2D eigenvalue weighted by Crippen LogP contribution is 2.22. The summed E-state index contributed by atoms with van der Waals surface area (Å²) in [6, 6.07) is 7.90. The molecule has 0 saturated heterocycles. The average molecular weight is 333 g/mol. The van der Waals surface area contributed by atoms with Crippen molar-refractivity contribution in [3.05, 3.63) is 51.8 Å².